The third-order valence-electron chi connectivity index (χ3n) is 10.9. The van der Waals surface area contributed by atoms with E-state index in [0.29, 0.717) is 0 Å². The molecule has 2 heteroatoms. The van der Waals surface area contributed by atoms with Gasteiger partial charge in [-0.15, -0.1) is 0 Å². The summed E-state index contributed by atoms with van der Waals surface area (Å²) in [4.78, 5) is 0. The Labute approximate surface area is 258 Å². The van der Waals surface area contributed by atoms with Crippen molar-refractivity contribution in [3.8, 4) is 16.9 Å². The lowest BCUT2D eigenvalue weighted by Crippen LogP contribution is -2.41. The first-order valence-corrected chi connectivity index (χ1v) is 15.9. The average Bonchev–Trinajstić information content (AvgIpc) is 3.74. The van der Waals surface area contributed by atoms with Gasteiger partial charge in [-0.2, -0.15) is 0 Å². The zero-order chi connectivity index (χ0) is 29.4. The van der Waals surface area contributed by atoms with E-state index in [0.717, 1.165) is 42.6 Å². The van der Waals surface area contributed by atoms with Gasteiger partial charge >= 0.3 is 0 Å². The van der Waals surface area contributed by atoms with E-state index in [1.165, 1.54) is 44.3 Å². The molecule has 1 saturated carbocycles. The summed E-state index contributed by atoms with van der Waals surface area (Å²) in [5.41, 5.74) is 8.95. The number of ether oxygens (including phenoxy) is 1. The van der Waals surface area contributed by atoms with Crippen LogP contribution in [0.2, 0.25) is 0 Å². The second kappa shape index (κ2) is 9.34. The molecule has 44 heavy (non-hydrogen) atoms. The highest BCUT2D eigenvalue weighted by molar-refractivity contribution is 6.08. The van der Waals surface area contributed by atoms with Crippen LogP contribution in [0.15, 0.2) is 138 Å². The van der Waals surface area contributed by atoms with Crippen LogP contribution in [0.3, 0.4) is 0 Å². The van der Waals surface area contributed by atoms with Crippen LogP contribution in [-0.4, -0.2) is 0 Å². The Hall–Kier alpha value is -4.82. The highest BCUT2D eigenvalue weighted by atomic mass is 16.5. The van der Waals surface area contributed by atoms with Crippen molar-refractivity contribution in [3.63, 3.8) is 0 Å². The molecule has 1 aromatic heterocycles. The van der Waals surface area contributed by atoms with Crippen molar-refractivity contribution in [2.75, 3.05) is 0 Å². The van der Waals surface area contributed by atoms with E-state index >= 15 is 0 Å². The van der Waals surface area contributed by atoms with Crippen molar-refractivity contribution in [2.24, 2.45) is 0 Å². The number of benzene rings is 5. The monoisotopic (exact) mass is 570 g/mol. The predicted molar refractivity (Wildman–Crippen MR) is 178 cm³/mol. The Morgan fingerprint density at radius 1 is 0.591 bits per heavy atom. The fourth-order valence-electron chi connectivity index (χ4n) is 8.79. The summed E-state index contributed by atoms with van der Waals surface area (Å²) in [7, 11) is 0. The van der Waals surface area contributed by atoms with Crippen LogP contribution < -0.4 is 4.74 Å². The fourth-order valence-corrected chi connectivity index (χ4v) is 8.79. The molecule has 0 radical (unpaired) electrons. The zero-order valence-electron chi connectivity index (χ0n) is 24.9. The van der Waals surface area contributed by atoms with Gasteiger partial charge in [0, 0.05) is 21.8 Å². The first kappa shape index (κ1) is 25.7. The molecule has 2 nitrogen and oxygen atoms in total. The number of fused-ring (bicyclic) bond motifs is 10. The molecule has 1 unspecified atom stereocenters. The van der Waals surface area contributed by atoms with Gasteiger partial charge in [0.15, 0.2) is 11.4 Å². The minimum atomic E-state index is -0.672. The van der Waals surface area contributed by atoms with Crippen LogP contribution in [-0.2, 0) is 16.4 Å². The van der Waals surface area contributed by atoms with Crippen LogP contribution in [0.1, 0.15) is 66.2 Å². The van der Waals surface area contributed by atoms with Crippen LogP contribution in [0, 0.1) is 0 Å². The lowest BCUT2D eigenvalue weighted by molar-refractivity contribution is 0.112. The van der Waals surface area contributed by atoms with Crippen LogP contribution in [0.25, 0.3) is 28.0 Å². The number of hydrogen-bond donors (Lipinski definition) is 0. The molecular formula is C42H34O2. The summed E-state index contributed by atoms with van der Waals surface area (Å²) in [6, 6.07) is 44.4. The lowest BCUT2D eigenvalue weighted by atomic mass is 9.56. The summed E-state index contributed by atoms with van der Waals surface area (Å²) in [6.45, 7) is 2.10. The maximum atomic E-state index is 7.03. The molecule has 0 bridgehead atoms. The molecule has 1 spiro atoms. The van der Waals surface area contributed by atoms with Crippen molar-refractivity contribution in [3.05, 3.63) is 167 Å². The average molecular weight is 571 g/mol. The molecule has 0 N–H and O–H groups in total. The summed E-state index contributed by atoms with van der Waals surface area (Å²) in [5, 5.41) is 2.43. The van der Waals surface area contributed by atoms with E-state index in [2.05, 4.69) is 128 Å². The van der Waals surface area contributed by atoms with Gasteiger partial charge in [-0.05, 0) is 89.6 Å². The molecular weight excluding hydrogens is 536 g/mol. The van der Waals surface area contributed by atoms with E-state index in [1.807, 2.05) is 12.1 Å². The van der Waals surface area contributed by atoms with Gasteiger partial charge in [0.05, 0.1) is 6.26 Å². The van der Waals surface area contributed by atoms with Crippen molar-refractivity contribution >= 4 is 16.8 Å². The molecule has 0 saturated heterocycles. The minimum absolute atomic E-state index is 0.0213. The van der Waals surface area contributed by atoms with Crippen molar-refractivity contribution in [1.82, 2.24) is 0 Å². The van der Waals surface area contributed by atoms with E-state index in [-0.39, 0.29) is 10.8 Å². The summed E-state index contributed by atoms with van der Waals surface area (Å²) in [6.07, 6.45) is 10.5. The Morgan fingerprint density at radius 3 is 1.89 bits per heavy atom. The second-order valence-corrected chi connectivity index (χ2v) is 13.0. The Bertz CT molecular complexity index is 2000. The maximum absolute atomic E-state index is 7.03. The predicted octanol–water partition coefficient (Wildman–Crippen LogP) is 10.6. The van der Waals surface area contributed by atoms with Gasteiger partial charge in [0.1, 0.15) is 5.75 Å². The lowest BCUT2D eigenvalue weighted by Gasteiger charge is -2.47. The molecule has 2 heterocycles. The van der Waals surface area contributed by atoms with Gasteiger partial charge < -0.3 is 9.15 Å². The first-order valence-electron chi connectivity index (χ1n) is 15.9. The smallest absolute Gasteiger partial charge is 0.182 e. The Morgan fingerprint density at radius 2 is 1.20 bits per heavy atom. The van der Waals surface area contributed by atoms with Gasteiger partial charge in [-0.1, -0.05) is 115 Å². The SMILES string of the molecule is CC1(c2ccco2)C=Cc2c3c(c4ccccc4c2O1)-c1ccccc1C31CCC(c2ccccc2)(c2ccccc2)CC1. The molecule has 0 amide bonds. The van der Waals surface area contributed by atoms with E-state index in [4.69, 9.17) is 9.15 Å². The van der Waals surface area contributed by atoms with Crippen LogP contribution in [0.5, 0.6) is 5.75 Å². The highest BCUT2D eigenvalue weighted by Gasteiger charge is 2.52. The molecule has 1 fully saturated rings. The van der Waals surface area contributed by atoms with Crippen molar-refractivity contribution in [1.29, 1.82) is 0 Å². The Balaban J connectivity index is 1.27. The normalized spacial score (nSPS) is 20.6. The molecule has 214 valence electrons. The second-order valence-electron chi connectivity index (χ2n) is 13.0. The van der Waals surface area contributed by atoms with E-state index in [1.54, 1.807) is 6.26 Å². The van der Waals surface area contributed by atoms with Gasteiger partial charge in [0.25, 0.3) is 0 Å². The first-order chi connectivity index (χ1) is 21.6. The Kier molecular flexibility index (Phi) is 5.45. The zero-order valence-corrected chi connectivity index (χ0v) is 24.9. The molecule has 1 atom stereocenters. The molecule has 5 aromatic carbocycles. The molecule has 1 aliphatic heterocycles. The highest BCUT2D eigenvalue weighted by Crippen LogP contribution is 2.64. The standard InChI is InChI=1S/C42H34O2/c1-40(36-21-12-28-43-36)23-22-34-38-37(31-17-8-9-18-32(31)39(34)44-40)33-19-10-11-20-35(33)42(38)26-24-41(25-27-42,29-13-4-2-5-14-29)30-15-6-3-7-16-30/h2-23,28H,24-27H2,1H3. The van der Waals surface area contributed by atoms with Crippen molar-refractivity contribution < 1.29 is 9.15 Å². The van der Waals surface area contributed by atoms with Gasteiger partial charge in [-0.3, -0.25) is 0 Å². The van der Waals surface area contributed by atoms with Gasteiger partial charge in [-0.25, -0.2) is 0 Å². The number of rotatable bonds is 3. The molecule has 6 aromatic rings. The largest absolute Gasteiger partial charge is 0.474 e. The van der Waals surface area contributed by atoms with Crippen molar-refractivity contribution in [2.45, 2.75) is 49.0 Å². The van der Waals surface area contributed by atoms with E-state index < -0.39 is 5.60 Å². The minimum Gasteiger partial charge on any atom is -0.474 e. The number of furan rings is 1. The van der Waals surface area contributed by atoms with Crippen LogP contribution >= 0.6 is 0 Å². The van der Waals surface area contributed by atoms with E-state index in [9.17, 15) is 0 Å². The molecule has 9 rings (SSSR count). The molecule has 2 aliphatic carbocycles. The fraction of sp³-hybridized carbons (Fsp3) is 0.190. The summed E-state index contributed by atoms with van der Waals surface area (Å²) in [5.74, 6) is 1.78. The molecule has 3 aliphatic rings. The quantitative estimate of drug-likeness (QED) is 0.211. The third kappa shape index (κ3) is 3.43. The maximum Gasteiger partial charge on any atom is 0.182 e. The van der Waals surface area contributed by atoms with Crippen LogP contribution in [0.4, 0.5) is 0 Å². The summed E-state index contributed by atoms with van der Waals surface area (Å²) >= 11 is 0. The van der Waals surface area contributed by atoms with Gasteiger partial charge in [0.2, 0.25) is 0 Å². The summed E-state index contributed by atoms with van der Waals surface area (Å²) < 4.78 is 12.9. The third-order valence-corrected chi connectivity index (χ3v) is 10.9. The topological polar surface area (TPSA) is 22.4 Å². The number of hydrogen-bond acceptors (Lipinski definition) is 2.